The number of nitrogens with one attached hydrogen (secondary N) is 2. The first kappa shape index (κ1) is 24.6. The van der Waals surface area contributed by atoms with Gasteiger partial charge in [0.05, 0.1) is 14.2 Å². The lowest BCUT2D eigenvalue weighted by Gasteiger charge is -2.07. The predicted octanol–water partition coefficient (Wildman–Crippen LogP) is 3.23. The first-order valence-electron chi connectivity index (χ1n) is 10.5. The van der Waals surface area contributed by atoms with Gasteiger partial charge >= 0.3 is 0 Å². The first-order valence-corrected chi connectivity index (χ1v) is 11.6. The van der Waals surface area contributed by atoms with Crippen LogP contribution in [-0.4, -0.2) is 50.6 Å². The maximum Gasteiger partial charge on any atom is 0.220 e. The molecule has 2 aromatic carbocycles. The van der Waals surface area contributed by atoms with E-state index in [2.05, 4.69) is 10.6 Å². The van der Waals surface area contributed by atoms with E-state index in [1.54, 1.807) is 26.0 Å². The number of thioether (sulfide) groups is 1. The van der Waals surface area contributed by atoms with Crippen molar-refractivity contribution >= 4 is 23.6 Å². The molecule has 0 aliphatic carbocycles. The number of carbonyl (C=O) groups excluding carboxylic acids is 2. The minimum absolute atomic E-state index is 0.0463. The molecule has 2 rings (SSSR count). The van der Waals surface area contributed by atoms with E-state index in [0.717, 1.165) is 35.5 Å². The summed E-state index contributed by atoms with van der Waals surface area (Å²) in [5.74, 6) is 3.18. The number of carbonyl (C=O) groups is 2. The van der Waals surface area contributed by atoms with Crippen LogP contribution >= 0.6 is 11.8 Å². The van der Waals surface area contributed by atoms with Gasteiger partial charge in [0.2, 0.25) is 11.8 Å². The average Bonchev–Trinajstić information content (AvgIpc) is 2.80. The summed E-state index contributed by atoms with van der Waals surface area (Å²) in [5.41, 5.74) is 2.32. The van der Waals surface area contributed by atoms with Gasteiger partial charge in [0, 0.05) is 37.4 Å². The van der Waals surface area contributed by atoms with Crippen LogP contribution < -0.4 is 20.1 Å². The summed E-state index contributed by atoms with van der Waals surface area (Å²) < 4.78 is 10.3. The van der Waals surface area contributed by atoms with Crippen LogP contribution in [0.1, 0.15) is 24.0 Å². The molecule has 31 heavy (non-hydrogen) atoms. The van der Waals surface area contributed by atoms with Crippen molar-refractivity contribution in [1.29, 1.82) is 0 Å². The number of hydrogen-bond donors (Lipinski definition) is 2. The van der Waals surface area contributed by atoms with Gasteiger partial charge in [-0.3, -0.25) is 9.59 Å². The Hall–Kier alpha value is -2.67. The van der Waals surface area contributed by atoms with Crippen molar-refractivity contribution in [2.45, 2.75) is 25.7 Å². The number of rotatable bonds is 14. The molecule has 2 aromatic rings. The number of amides is 2. The second kappa shape index (κ2) is 14.4. The van der Waals surface area contributed by atoms with Crippen molar-refractivity contribution in [3.63, 3.8) is 0 Å². The third-order valence-corrected chi connectivity index (χ3v) is 5.72. The Balaban J connectivity index is 1.46. The maximum atomic E-state index is 11.9. The fourth-order valence-electron chi connectivity index (χ4n) is 2.89. The van der Waals surface area contributed by atoms with Gasteiger partial charge in [-0.1, -0.05) is 24.3 Å². The van der Waals surface area contributed by atoms with Crippen LogP contribution in [-0.2, 0) is 22.4 Å². The second-order valence-electron chi connectivity index (χ2n) is 7.01. The molecular weight excluding hydrogens is 412 g/mol. The lowest BCUT2D eigenvalue weighted by atomic mass is 10.1. The lowest BCUT2D eigenvalue weighted by Crippen LogP contribution is -2.26. The van der Waals surface area contributed by atoms with Crippen LogP contribution in [0.25, 0.3) is 0 Å². The van der Waals surface area contributed by atoms with E-state index in [1.165, 1.54) is 0 Å². The summed E-state index contributed by atoms with van der Waals surface area (Å²) >= 11 is 1.63. The Labute approximate surface area is 189 Å². The minimum atomic E-state index is 0.0463. The molecule has 168 valence electrons. The van der Waals surface area contributed by atoms with Gasteiger partial charge in [-0.25, -0.2) is 0 Å². The van der Waals surface area contributed by atoms with E-state index in [-0.39, 0.29) is 11.8 Å². The molecule has 0 saturated carbocycles. The van der Waals surface area contributed by atoms with Crippen LogP contribution in [0, 0.1) is 0 Å². The van der Waals surface area contributed by atoms with Gasteiger partial charge in [-0.2, -0.15) is 11.8 Å². The molecule has 0 heterocycles. The summed E-state index contributed by atoms with van der Waals surface area (Å²) in [4.78, 5) is 23.8. The molecule has 6 nitrogen and oxygen atoms in total. The Morgan fingerprint density at radius 2 is 1.10 bits per heavy atom. The van der Waals surface area contributed by atoms with Crippen LogP contribution in [0.4, 0.5) is 0 Å². The Morgan fingerprint density at radius 3 is 1.45 bits per heavy atom. The van der Waals surface area contributed by atoms with E-state index in [1.807, 2.05) is 48.5 Å². The maximum absolute atomic E-state index is 11.9. The Kier molecular flexibility index (Phi) is 11.4. The molecule has 0 fully saturated rings. The number of methoxy groups -OCH3 is 2. The normalized spacial score (nSPS) is 10.4. The van der Waals surface area contributed by atoms with Gasteiger partial charge < -0.3 is 20.1 Å². The Bertz CT molecular complexity index is 727. The summed E-state index contributed by atoms with van der Waals surface area (Å²) in [5, 5.41) is 5.88. The van der Waals surface area contributed by atoms with Gasteiger partial charge in [0.1, 0.15) is 11.5 Å². The molecule has 0 radical (unpaired) electrons. The molecule has 0 aliphatic heterocycles. The summed E-state index contributed by atoms with van der Waals surface area (Å²) in [6, 6.07) is 15.7. The van der Waals surface area contributed by atoms with E-state index in [0.29, 0.717) is 37.4 Å². The van der Waals surface area contributed by atoms with Crippen LogP contribution in [0.3, 0.4) is 0 Å². The summed E-state index contributed by atoms with van der Waals surface area (Å²) in [6.45, 7) is 1.23. The molecule has 0 unspecified atom stereocenters. The zero-order chi connectivity index (χ0) is 22.3. The standard InChI is InChI=1S/C24H32N2O4S/c1-29-21-7-3-19(4-8-21)11-15-25-23(27)13-17-31-18-14-24(28)26-16-12-20-5-9-22(30-2)10-6-20/h3-10H,11-18H2,1-2H3,(H,25,27)(H,26,28). The smallest absolute Gasteiger partial charge is 0.220 e. The highest BCUT2D eigenvalue weighted by atomic mass is 32.2. The van der Waals surface area contributed by atoms with Crippen LogP contribution in [0.5, 0.6) is 11.5 Å². The number of benzene rings is 2. The molecule has 0 aromatic heterocycles. The monoisotopic (exact) mass is 444 g/mol. The second-order valence-corrected chi connectivity index (χ2v) is 8.23. The van der Waals surface area contributed by atoms with Crippen molar-refractivity contribution in [3.8, 4) is 11.5 Å². The fraction of sp³-hybridized carbons (Fsp3) is 0.417. The highest BCUT2D eigenvalue weighted by Crippen LogP contribution is 2.12. The average molecular weight is 445 g/mol. The fourth-order valence-corrected chi connectivity index (χ4v) is 3.75. The van der Waals surface area contributed by atoms with E-state index in [4.69, 9.17) is 9.47 Å². The first-order chi connectivity index (χ1) is 15.1. The lowest BCUT2D eigenvalue weighted by molar-refractivity contribution is -0.121. The molecule has 0 bridgehead atoms. The van der Waals surface area contributed by atoms with Gasteiger partial charge in [-0.05, 0) is 48.2 Å². The molecule has 7 heteroatoms. The molecular formula is C24H32N2O4S. The zero-order valence-corrected chi connectivity index (χ0v) is 19.1. The van der Waals surface area contributed by atoms with Crippen LogP contribution in [0.15, 0.2) is 48.5 Å². The molecule has 2 amide bonds. The zero-order valence-electron chi connectivity index (χ0n) is 18.3. The number of hydrogen-bond acceptors (Lipinski definition) is 5. The van der Waals surface area contributed by atoms with Gasteiger partial charge in [0.15, 0.2) is 0 Å². The summed E-state index contributed by atoms with van der Waals surface area (Å²) in [7, 11) is 3.29. The van der Waals surface area contributed by atoms with E-state index >= 15 is 0 Å². The molecule has 0 saturated heterocycles. The minimum Gasteiger partial charge on any atom is -0.497 e. The predicted molar refractivity (Wildman–Crippen MR) is 126 cm³/mol. The quantitative estimate of drug-likeness (QED) is 0.438. The van der Waals surface area contributed by atoms with Crippen molar-refractivity contribution in [1.82, 2.24) is 10.6 Å². The van der Waals surface area contributed by atoms with Gasteiger partial charge in [-0.15, -0.1) is 0 Å². The van der Waals surface area contributed by atoms with Crippen molar-refractivity contribution < 1.29 is 19.1 Å². The summed E-state index contributed by atoms with van der Waals surface area (Å²) in [6.07, 6.45) is 2.51. The highest BCUT2D eigenvalue weighted by molar-refractivity contribution is 7.99. The number of ether oxygens (including phenoxy) is 2. The third-order valence-electron chi connectivity index (χ3n) is 4.74. The van der Waals surface area contributed by atoms with Crippen molar-refractivity contribution in [3.05, 3.63) is 59.7 Å². The molecule has 0 atom stereocenters. The topological polar surface area (TPSA) is 76.7 Å². The largest absolute Gasteiger partial charge is 0.497 e. The van der Waals surface area contributed by atoms with Crippen LogP contribution in [0.2, 0.25) is 0 Å². The SMILES string of the molecule is COc1ccc(CCNC(=O)CCSCCC(=O)NCCc2ccc(OC)cc2)cc1. The van der Waals surface area contributed by atoms with Crippen molar-refractivity contribution in [2.24, 2.45) is 0 Å². The molecule has 0 aliphatic rings. The molecule has 2 N–H and O–H groups in total. The van der Waals surface area contributed by atoms with E-state index in [9.17, 15) is 9.59 Å². The van der Waals surface area contributed by atoms with Gasteiger partial charge in [0.25, 0.3) is 0 Å². The highest BCUT2D eigenvalue weighted by Gasteiger charge is 2.04. The van der Waals surface area contributed by atoms with E-state index < -0.39 is 0 Å². The third kappa shape index (κ3) is 10.3. The molecule has 0 spiro atoms. The Morgan fingerprint density at radius 1 is 0.710 bits per heavy atom. The van der Waals surface area contributed by atoms with Crippen molar-refractivity contribution in [2.75, 3.05) is 38.8 Å².